The van der Waals surface area contributed by atoms with E-state index in [4.69, 9.17) is 5.26 Å². The molecule has 0 aliphatic rings. The van der Waals surface area contributed by atoms with Gasteiger partial charge in [-0.1, -0.05) is 6.07 Å². The molecule has 0 spiro atoms. The van der Waals surface area contributed by atoms with Crippen LogP contribution in [0.15, 0.2) is 53.7 Å². The Morgan fingerprint density at radius 3 is 2.60 bits per heavy atom. The SMILES string of the molecule is CN(Cc1ccncc1)S(=O)(=O)c1cccc(C#N)c1. The number of rotatable bonds is 4. The molecular weight excluding hydrogens is 274 g/mol. The van der Waals surface area contributed by atoms with Crippen molar-refractivity contribution >= 4 is 10.0 Å². The van der Waals surface area contributed by atoms with E-state index in [1.165, 1.54) is 23.5 Å². The van der Waals surface area contributed by atoms with Gasteiger partial charge in [-0.2, -0.15) is 9.57 Å². The van der Waals surface area contributed by atoms with Crippen LogP contribution in [0, 0.1) is 11.3 Å². The number of benzene rings is 1. The fourth-order valence-electron chi connectivity index (χ4n) is 1.74. The van der Waals surface area contributed by atoms with Crippen molar-refractivity contribution in [2.75, 3.05) is 7.05 Å². The van der Waals surface area contributed by atoms with E-state index in [1.807, 2.05) is 6.07 Å². The minimum atomic E-state index is -3.61. The van der Waals surface area contributed by atoms with Gasteiger partial charge in [-0.3, -0.25) is 4.98 Å². The first kappa shape index (κ1) is 14.2. The van der Waals surface area contributed by atoms with Crippen molar-refractivity contribution in [1.29, 1.82) is 5.26 Å². The molecule has 2 rings (SSSR count). The molecule has 6 heteroatoms. The molecule has 1 heterocycles. The predicted octanol–water partition coefficient (Wildman–Crippen LogP) is 1.77. The normalized spacial score (nSPS) is 11.2. The van der Waals surface area contributed by atoms with Gasteiger partial charge >= 0.3 is 0 Å². The smallest absolute Gasteiger partial charge is 0.243 e. The van der Waals surface area contributed by atoms with E-state index in [0.717, 1.165) is 5.56 Å². The van der Waals surface area contributed by atoms with Gasteiger partial charge in [0.15, 0.2) is 0 Å². The number of pyridine rings is 1. The topological polar surface area (TPSA) is 74.1 Å². The minimum Gasteiger partial charge on any atom is -0.265 e. The molecule has 0 unspecified atom stereocenters. The molecule has 1 aromatic heterocycles. The van der Waals surface area contributed by atoms with Crippen LogP contribution in [0.1, 0.15) is 11.1 Å². The lowest BCUT2D eigenvalue weighted by molar-refractivity contribution is 0.466. The van der Waals surface area contributed by atoms with Crippen molar-refractivity contribution < 1.29 is 8.42 Å². The number of nitrogens with zero attached hydrogens (tertiary/aromatic N) is 3. The average molecular weight is 287 g/mol. The van der Waals surface area contributed by atoms with Crippen molar-refractivity contribution in [2.45, 2.75) is 11.4 Å². The van der Waals surface area contributed by atoms with Crippen molar-refractivity contribution in [1.82, 2.24) is 9.29 Å². The van der Waals surface area contributed by atoms with Crippen molar-refractivity contribution in [2.24, 2.45) is 0 Å². The predicted molar refractivity (Wildman–Crippen MR) is 74.0 cm³/mol. The van der Waals surface area contributed by atoms with E-state index in [-0.39, 0.29) is 11.4 Å². The first-order valence-corrected chi connectivity index (χ1v) is 7.33. The minimum absolute atomic E-state index is 0.119. The van der Waals surface area contributed by atoms with Crippen LogP contribution in [0.5, 0.6) is 0 Å². The molecule has 0 aliphatic heterocycles. The van der Waals surface area contributed by atoms with Crippen LogP contribution >= 0.6 is 0 Å². The van der Waals surface area contributed by atoms with Gasteiger partial charge in [-0.25, -0.2) is 8.42 Å². The summed E-state index contributed by atoms with van der Waals surface area (Å²) in [6.45, 7) is 0.252. The van der Waals surface area contributed by atoms with E-state index >= 15 is 0 Å². The maximum Gasteiger partial charge on any atom is 0.243 e. The Balaban J connectivity index is 2.28. The zero-order valence-corrected chi connectivity index (χ0v) is 11.7. The third-order valence-corrected chi connectivity index (χ3v) is 4.63. The summed E-state index contributed by atoms with van der Waals surface area (Å²) in [6, 6.07) is 11.5. The van der Waals surface area contributed by atoms with Crippen molar-refractivity contribution in [3.63, 3.8) is 0 Å². The van der Waals surface area contributed by atoms with Crippen LogP contribution in [0.3, 0.4) is 0 Å². The molecule has 0 saturated carbocycles. The molecule has 0 aliphatic carbocycles. The second-order valence-corrected chi connectivity index (χ2v) is 6.30. The van der Waals surface area contributed by atoms with E-state index in [0.29, 0.717) is 5.56 Å². The Kier molecular flexibility index (Phi) is 4.13. The fraction of sp³-hybridized carbons (Fsp3) is 0.143. The Labute approximate surface area is 118 Å². The quantitative estimate of drug-likeness (QED) is 0.859. The summed E-state index contributed by atoms with van der Waals surface area (Å²) < 4.78 is 26.1. The lowest BCUT2D eigenvalue weighted by Crippen LogP contribution is -2.26. The molecule has 2 aromatic rings. The molecule has 0 saturated heterocycles. The third kappa shape index (κ3) is 3.02. The zero-order valence-electron chi connectivity index (χ0n) is 10.9. The highest BCUT2D eigenvalue weighted by Gasteiger charge is 2.21. The van der Waals surface area contributed by atoms with E-state index in [2.05, 4.69) is 4.98 Å². The molecule has 0 amide bonds. The highest BCUT2D eigenvalue weighted by atomic mass is 32.2. The van der Waals surface area contributed by atoms with Crippen LogP contribution in [0.4, 0.5) is 0 Å². The molecule has 5 nitrogen and oxygen atoms in total. The average Bonchev–Trinajstić information content (AvgIpc) is 2.48. The summed E-state index contributed by atoms with van der Waals surface area (Å²) in [4.78, 5) is 4.01. The Morgan fingerprint density at radius 1 is 1.25 bits per heavy atom. The summed E-state index contributed by atoms with van der Waals surface area (Å²) >= 11 is 0. The van der Waals surface area contributed by atoms with E-state index in [1.54, 1.807) is 36.7 Å². The van der Waals surface area contributed by atoms with Crippen molar-refractivity contribution in [3.05, 3.63) is 59.9 Å². The van der Waals surface area contributed by atoms with Crippen LogP contribution in [-0.2, 0) is 16.6 Å². The Hall–Kier alpha value is -2.23. The Bertz CT molecular complexity index is 737. The fourth-order valence-corrected chi connectivity index (χ4v) is 2.94. The summed E-state index contributed by atoms with van der Waals surface area (Å²) in [5, 5.41) is 8.84. The van der Waals surface area contributed by atoms with Gasteiger partial charge < -0.3 is 0 Å². The van der Waals surface area contributed by atoms with Gasteiger partial charge in [-0.05, 0) is 35.9 Å². The standard InChI is InChI=1S/C14H13N3O2S/c1-17(11-12-5-7-16-8-6-12)20(18,19)14-4-2-3-13(9-14)10-15/h2-9H,11H2,1H3. The third-order valence-electron chi connectivity index (χ3n) is 2.83. The molecule has 102 valence electrons. The second-order valence-electron chi connectivity index (χ2n) is 4.26. The maximum absolute atomic E-state index is 12.4. The van der Waals surface area contributed by atoms with Crippen LogP contribution in [-0.4, -0.2) is 24.8 Å². The molecule has 1 aromatic carbocycles. The summed E-state index contributed by atoms with van der Waals surface area (Å²) in [5.41, 5.74) is 1.17. The number of nitriles is 1. The van der Waals surface area contributed by atoms with Crippen LogP contribution in [0.25, 0.3) is 0 Å². The molecule has 0 N–H and O–H groups in total. The van der Waals surface area contributed by atoms with Gasteiger partial charge in [0.05, 0.1) is 16.5 Å². The summed E-state index contributed by atoms with van der Waals surface area (Å²) in [5.74, 6) is 0. The number of sulfonamides is 1. The summed E-state index contributed by atoms with van der Waals surface area (Å²) in [6.07, 6.45) is 3.23. The first-order chi connectivity index (χ1) is 9.54. The van der Waals surface area contributed by atoms with Gasteiger partial charge in [0.2, 0.25) is 10.0 Å². The molecule has 0 atom stereocenters. The number of hydrogen-bond donors (Lipinski definition) is 0. The lowest BCUT2D eigenvalue weighted by Gasteiger charge is -2.17. The highest BCUT2D eigenvalue weighted by molar-refractivity contribution is 7.89. The van der Waals surface area contributed by atoms with E-state index in [9.17, 15) is 8.42 Å². The second kappa shape index (κ2) is 5.82. The maximum atomic E-state index is 12.4. The summed E-state index contributed by atoms with van der Waals surface area (Å²) in [7, 11) is -2.10. The molecule has 0 fully saturated rings. The number of aromatic nitrogens is 1. The molecule has 0 bridgehead atoms. The zero-order chi connectivity index (χ0) is 14.6. The van der Waals surface area contributed by atoms with Gasteiger partial charge in [-0.15, -0.1) is 0 Å². The highest BCUT2D eigenvalue weighted by Crippen LogP contribution is 2.17. The monoisotopic (exact) mass is 287 g/mol. The molecule has 20 heavy (non-hydrogen) atoms. The van der Waals surface area contributed by atoms with Gasteiger partial charge in [0, 0.05) is 26.0 Å². The van der Waals surface area contributed by atoms with Crippen LogP contribution in [0.2, 0.25) is 0 Å². The first-order valence-electron chi connectivity index (χ1n) is 5.89. The lowest BCUT2D eigenvalue weighted by atomic mass is 10.2. The van der Waals surface area contributed by atoms with Crippen LogP contribution < -0.4 is 0 Å². The molecule has 0 radical (unpaired) electrons. The van der Waals surface area contributed by atoms with Crippen molar-refractivity contribution in [3.8, 4) is 6.07 Å². The van der Waals surface area contributed by atoms with Gasteiger partial charge in [0.25, 0.3) is 0 Å². The Morgan fingerprint density at radius 2 is 1.95 bits per heavy atom. The van der Waals surface area contributed by atoms with Gasteiger partial charge in [0.1, 0.15) is 0 Å². The largest absolute Gasteiger partial charge is 0.265 e. The molecular formula is C14H13N3O2S. The van der Waals surface area contributed by atoms with E-state index < -0.39 is 10.0 Å². The number of hydrogen-bond acceptors (Lipinski definition) is 4.